The summed E-state index contributed by atoms with van der Waals surface area (Å²) in [5, 5.41) is 18.8. The maximum absolute atomic E-state index is 9.54. The van der Waals surface area contributed by atoms with Gasteiger partial charge in [0.15, 0.2) is 0 Å². The van der Waals surface area contributed by atoms with Crippen molar-refractivity contribution in [3.05, 3.63) is 23.9 Å². The highest BCUT2D eigenvalue weighted by molar-refractivity contribution is 6.18. The molecular weight excluding hydrogens is 206 g/mol. The number of anilines is 1. The van der Waals surface area contributed by atoms with Crippen LogP contribution in [0.15, 0.2) is 18.2 Å². The number of aliphatic hydroxyl groups is 2. The molecular formula is C8H12ClN3O2. The molecule has 0 bridgehead atoms. The van der Waals surface area contributed by atoms with Crippen molar-refractivity contribution in [2.75, 3.05) is 11.3 Å². The molecule has 0 fully saturated rings. The normalized spacial score (nSPS) is 14.9. The molecule has 1 heterocycles. The zero-order chi connectivity index (χ0) is 10.6. The van der Waals surface area contributed by atoms with Crippen molar-refractivity contribution in [3.63, 3.8) is 0 Å². The van der Waals surface area contributed by atoms with E-state index in [4.69, 9.17) is 17.4 Å². The molecule has 0 saturated carbocycles. The van der Waals surface area contributed by atoms with Crippen molar-refractivity contribution in [1.82, 2.24) is 4.98 Å². The summed E-state index contributed by atoms with van der Waals surface area (Å²) in [6.45, 7) is 0. The van der Waals surface area contributed by atoms with Gasteiger partial charge in [0.25, 0.3) is 0 Å². The first-order valence-electron chi connectivity index (χ1n) is 4.04. The molecule has 0 aromatic carbocycles. The van der Waals surface area contributed by atoms with Crippen LogP contribution in [0.2, 0.25) is 0 Å². The maximum atomic E-state index is 9.54. The Morgan fingerprint density at radius 3 is 2.79 bits per heavy atom. The number of aliphatic hydroxyl groups excluding tert-OH is 2. The van der Waals surface area contributed by atoms with E-state index in [1.165, 1.54) is 0 Å². The first kappa shape index (κ1) is 11.2. The van der Waals surface area contributed by atoms with Crippen LogP contribution in [0.1, 0.15) is 11.8 Å². The second-order valence-electron chi connectivity index (χ2n) is 2.76. The number of halogens is 1. The molecule has 0 aliphatic carbocycles. The van der Waals surface area contributed by atoms with Gasteiger partial charge in [0.1, 0.15) is 11.9 Å². The molecule has 0 saturated heterocycles. The number of hydrogen-bond donors (Lipinski definition) is 4. The third kappa shape index (κ3) is 2.55. The minimum Gasteiger partial charge on any atom is -0.389 e. The maximum Gasteiger partial charge on any atom is 0.140 e. The highest BCUT2D eigenvalue weighted by Gasteiger charge is 2.18. The van der Waals surface area contributed by atoms with Gasteiger partial charge < -0.3 is 15.6 Å². The molecule has 2 unspecified atom stereocenters. The van der Waals surface area contributed by atoms with Crippen LogP contribution >= 0.6 is 11.6 Å². The number of pyridine rings is 1. The fourth-order valence-electron chi connectivity index (χ4n) is 0.978. The third-order valence-electron chi connectivity index (χ3n) is 1.74. The average Bonchev–Trinajstić information content (AvgIpc) is 2.27. The molecule has 0 amide bonds. The molecule has 78 valence electrons. The van der Waals surface area contributed by atoms with Gasteiger partial charge in [-0.3, -0.25) is 0 Å². The molecule has 0 radical (unpaired) electrons. The van der Waals surface area contributed by atoms with E-state index in [0.717, 1.165) is 0 Å². The largest absolute Gasteiger partial charge is 0.389 e. The predicted molar refractivity (Wildman–Crippen MR) is 53.7 cm³/mol. The summed E-state index contributed by atoms with van der Waals surface area (Å²) in [4.78, 5) is 3.96. The molecule has 0 aliphatic heterocycles. The summed E-state index contributed by atoms with van der Waals surface area (Å²) in [6.07, 6.45) is -2.13. The van der Waals surface area contributed by atoms with Gasteiger partial charge in [-0.1, -0.05) is 6.07 Å². The van der Waals surface area contributed by atoms with Crippen molar-refractivity contribution in [1.29, 1.82) is 0 Å². The van der Waals surface area contributed by atoms with Crippen LogP contribution in [-0.2, 0) is 0 Å². The van der Waals surface area contributed by atoms with Gasteiger partial charge in [-0.2, -0.15) is 0 Å². The number of nitrogens with zero attached hydrogens (tertiary/aromatic N) is 1. The molecule has 1 aromatic rings. The van der Waals surface area contributed by atoms with Crippen molar-refractivity contribution in [2.45, 2.75) is 12.2 Å². The lowest BCUT2D eigenvalue weighted by Crippen LogP contribution is -2.21. The summed E-state index contributed by atoms with van der Waals surface area (Å²) in [7, 11) is 0. The highest BCUT2D eigenvalue weighted by Crippen LogP contribution is 2.16. The standard InChI is InChI=1S/C8H12ClN3O2/c9-4-6(13)8(14)5-2-1-3-7(11-5)12-10/h1-3,6,8,13-14H,4,10H2,(H,11,12). The summed E-state index contributed by atoms with van der Waals surface area (Å²) in [5.41, 5.74) is 2.67. The zero-order valence-corrected chi connectivity index (χ0v) is 8.15. The Morgan fingerprint density at radius 1 is 1.50 bits per heavy atom. The van der Waals surface area contributed by atoms with E-state index in [2.05, 4.69) is 10.4 Å². The van der Waals surface area contributed by atoms with Crippen LogP contribution in [0.5, 0.6) is 0 Å². The number of rotatable bonds is 4. The summed E-state index contributed by atoms with van der Waals surface area (Å²) < 4.78 is 0. The predicted octanol–water partition coefficient (Wildman–Crippen LogP) is 0.000300. The summed E-state index contributed by atoms with van der Waals surface area (Å²) in [6, 6.07) is 4.90. The molecule has 0 spiro atoms. The average molecular weight is 218 g/mol. The number of nitrogen functional groups attached to an aromatic ring is 1. The van der Waals surface area contributed by atoms with Crippen LogP contribution in [0, 0.1) is 0 Å². The van der Waals surface area contributed by atoms with Crippen LogP contribution < -0.4 is 11.3 Å². The Balaban J connectivity index is 2.83. The summed E-state index contributed by atoms with van der Waals surface area (Å²) in [5.74, 6) is 5.51. The second-order valence-corrected chi connectivity index (χ2v) is 3.07. The smallest absolute Gasteiger partial charge is 0.140 e. The second kappa shape index (κ2) is 5.11. The fraction of sp³-hybridized carbons (Fsp3) is 0.375. The lowest BCUT2D eigenvalue weighted by atomic mass is 10.1. The van der Waals surface area contributed by atoms with Gasteiger partial charge in [-0.05, 0) is 12.1 Å². The monoisotopic (exact) mass is 217 g/mol. The SMILES string of the molecule is NNc1cccc(C(O)C(O)CCl)n1. The van der Waals surface area contributed by atoms with Gasteiger partial charge in [0.05, 0.1) is 17.7 Å². The molecule has 5 N–H and O–H groups in total. The zero-order valence-electron chi connectivity index (χ0n) is 7.39. The molecule has 6 heteroatoms. The number of nitrogens with one attached hydrogen (secondary N) is 1. The third-order valence-corrected chi connectivity index (χ3v) is 2.06. The van der Waals surface area contributed by atoms with Crippen LogP contribution in [0.25, 0.3) is 0 Å². The van der Waals surface area contributed by atoms with Gasteiger partial charge in [0.2, 0.25) is 0 Å². The van der Waals surface area contributed by atoms with Crippen molar-refractivity contribution in [3.8, 4) is 0 Å². The Labute approximate surface area is 86.5 Å². The minimum absolute atomic E-state index is 0.0525. The molecule has 1 aromatic heterocycles. The first-order chi connectivity index (χ1) is 6.69. The number of nitrogens with two attached hydrogens (primary N) is 1. The number of hydrogen-bond acceptors (Lipinski definition) is 5. The Bertz CT molecular complexity index is 298. The van der Waals surface area contributed by atoms with Crippen molar-refractivity contribution in [2.24, 2.45) is 5.84 Å². The van der Waals surface area contributed by atoms with E-state index >= 15 is 0 Å². The Morgan fingerprint density at radius 2 is 2.21 bits per heavy atom. The van der Waals surface area contributed by atoms with E-state index in [9.17, 15) is 10.2 Å². The lowest BCUT2D eigenvalue weighted by molar-refractivity contribution is 0.0301. The molecule has 5 nitrogen and oxygen atoms in total. The van der Waals surface area contributed by atoms with Crippen molar-refractivity contribution < 1.29 is 10.2 Å². The van der Waals surface area contributed by atoms with Gasteiger partial charge in [-0.15, -0.1) is 11.6 Å². The van der Waals surface area contributed by atoms with E-state index in [0.29, 0.717) is 11.5 Å². The number of aromatic nitrogens is 1. The molecule has 2 atom stereocenters. The minimum atomic E-state index is -1.10. The molecule has 0 aliphatic rings. The molecule has 1 rings (SSSR count). The topological polar surface area (TPSA) is 91.4 Å². The number of alkyl halides is 1. The number of hydrazine groups is 1. The lowest BCUT2D eigenvalue weighted by Gasteiger charge is -2.15. The first-order valence-corrected chi connectivity index (χ1v) is 4.58. The Hall–Kier alpha value is -0.880. The summed E-state index contributed by atoms with van der Waals surface area (Å²) >= 11 is 5.39. The van der Waals surface area contributed by atoms with Gasteiger partial charge in [-0.25, -0.2) is 10.8 Å². The van der Waals surface area contributed by atoms with E-state index in [-0.39, 0.29) is 5.88 Å². The van der Waals surface area contributed by atoms with Gasteiger partial charge in [0, 0.05) is 0 Å². The van der Waals surface area contributed by atoms with Gasteiger partial charge >= 0.3 is 0 Å². The van der Waals surface area contributed by atoms with Crippen LogP contribution in [-0.4, -0.2) is 27.2 Å². The quantitative estimate of drug-likeness (QED) is 0.324. The highest BCUT2D eigenvalue weighted by atomic mass is 35.5. The fourth-order valence-corrected chi connectivity index (χ4v) is 1.15. The Kier molecular flexibility index (Phi) is 4.09. The van der Waals surface area contributed by atoms with Crippen molar-refractivity contribution >= 4 is 17.4 Å². The van der Waals surface area contributed by atoms with Crippen LogP contribution in [0.3, 0.4) is 0 Å². The van der Waals surface area contributed by atoms with E-state index in [1.807, 2.05) is 0 Å². The molecule has 14 heavy (non-hydrogen) atoms. The van der Waals surface area contributed by atoms with E-state index < -0.39 is 12.2 Å². The van der Waals surface area contributed by atoms with Crippen LogP contribution in [0.4, 0.5) is 5.82 Å². The van der Waals surface area contributed by atoms with E-state index in [1.54, 1.807) is 18.2 Å².